The third kappa shape index (κ3) is 2.88. The molecule has 2 aromatic rings. The smallest absolute Gasteiger partial charge is 0.115 e. The number of benzene rings is 2. The van der Waals surface area contributed by atoms with Crippen LogP contribution in [0.1, 0.15) is 18.1 Å². The van der Waals surface area contributed by atoms with Gasteiger partial charge >= 0.3 is 0 Å². The molecule has 1 unspecified atom stereocenters. The Balaban J connectivity index is 2.36. The molecule has 0 spiro atoms. The molecule has 0 bridgehead atoms. The van der Waals surface area contributed by atoms with E-state index in [2.05, 4.69) is 5.32 Å². The number of aliphatic hydroxyl groups excluding tert-OH is 1. The Morgan fingerprint density at radius 2 is 1.84 bits per heavy atom. The number of aromatic hydroxyl groups is 1. The zero-order valence-corrected chi connectivity index (χ0v) is 11.2. The molecule has 3 nitrogen and oxygen atoms in total. The summed E-state index contributed by atoms with van der Waals surface area (Å²) in [6.45, 7) is 3.86. The number of aryl methyl sites for hydroxylation is 1. The van der Waals surface area contributed by atoms with Crippen LogP contribution in [0.25, 0.3) is 0 Å². The summed E-state index contributed by atoms with van der Waals surface area (Å²) in [5.74, 6) is 0.198. The predicted octanol–water partition coefficient (Wildman–Crippen LogP) is 3.02. The highest BCUT2D eigenvalue weighted by molar-refractivity contribution is 5.54. The van der Waals surface area contributed by atoms with Gasteiger partial charge in [0.25, 0.3) is 0 Å². The maximum absolute atomic E-state index is 9.74. The third-order valence-electron chi connectivity index (χ3n) is 3.36. The molecule has 1 atom stereocenters. The average Bonchev–Trinajstić information content (AvgIpc) is 2.41. The van der Waals surface area contributed by atoms with Gasteiger partial charge < -0.3 is 15.5 Å². The van der Waals surface area contributed by atoms with Crippen molar-refractivity contribution >= 4 is 5.69 Å². The molecule has 3 heteroatoms. The molecule has 19 heavy (non-hydrogen) atoms. The summed E-state index contributed by atoms with van der Waals surface area (Å²) in [5, 5.41) is 22.7. The van der Waals surface area contributed by atoms with Gasteiger partial charge in [-0.2, -0.15) is 0 Å². The third-order valence-corrected chi connectivity index (χ3v) is 3.36. The van der Waals surface area contributed by atoms with E-state index < -0.39 is 5.54 Å². The van der Waals surface area contributed by atoms with E-state index in [-0.39, 0.29) is 12.4 Å². The Morgan fingerprint density at radius 3 is 2.47 bits per heavy atom. The van der Waals surface area contributed by atoms with E-state index >= 15 is 0 Å². The molecule has 0 saturated carbocycles. The fourth-order valence-corrected chi connectivity index (χ4v) is 2.06. The average molecular weight is 257 g/mol. The fourth-order valence-electron chi connectivity index (χ4n) is 2.06. The molecule has 0 saturated heterocycles. The molecule has 0 fully saturated rings. The van der Waals surface area contributed by atoms with E-state index in [0.29, 0.717) is 0 Å². The summed E-state index contributed by atoms with van der Waals surface area (Å²) in [6, 6.07) is 14.9. The summed E-state index contributed by atoms with van der Waals surface area (Å²) in [6.07, 6.45) is 0. The van der Waals surface area contributed by atoms with Crippen molar-refractivity contribution in [1.29, 1.82) is 0 Å². The second kappa shape index (κ2) is 5.33. The fraction of sp³-hybridized carbons (Fsp3) is 0.250. The van der Waals surface area contributed by atoms with Gasteiger partial charge in [0.2, 0.25) is 0 Å². The van der Waals surface area contributed by atoms with Crippen LogP contribution in [0.4, 0.5) is 5.69 Å². The van der Waals surface area contributed by atoms with E-state index in [4.69, 9.17) is 0 Å². The molecule has 2 aromatic carbocycles. The van der Waals surface area contributed by atoms with Gasteiger partial charge in [0.15, 0.2) is 0 Å². The quantitative estimate of drug-likeness (QED) is 0.789. The van der Waals surface area contributed by atoms with Crippen LogP contribution < -0.4 is 5.32 Å². The lowest BCUT2D eigenvalue weighted by Crippen LogP contribution is -2.36. The van der Waals surface area contributed by atoms with Gasteiger partial charge in [-0.05, 0) is 43.2 Å². The SMILES string of the molecule is Cc1ccccc1NC(C)(CO)c1cccc(O)c1. The molecular weight excluding hydrogens is 238 g/mol. The first-order chi connectivity index (χ1) is 9.05. The Kier molecular flexibility index (Phi) is 3.76. The molecule has 0 heterocycles. The second-order valence-corrected chi connectivity index (χ2v) is 4.98. The molecule has 2 rings (SSSR count). The lowest BCUT2D eigenvalue weighted by molar-refractivity contribution is 0.223. The topological polar surface area (TPSA) is 52.5 Å². The van der Waals surface area contributed by atoms with E-state index in [0.717, 1.165) is 16.8 Å². The maximum Gasteiger partial charge on any atom is 0.115 e. The van der Waals surface area contributed by atoms with Crippen molar-refractivity contribution < 1.29 is 10.2 Å². The van der Waals surface area contributed by atoms with Crippen LogP contribution in [0.15, 0.2) is 48.5 Å². The summed E-state index contributed by atoms with van der Waals surface area (Å²) < 4.78 is 0. The largest absolute Gasteiger partial charge is 0.508 e. The molecule has 3 N–H and O–H groups in total. The van der Waals surface area contributed by atoms with Crippen LogP contribution in [0.3, 0.4) is 0 Å². The summed E-state index contributed by atoms with van der Waals surface area (Å²) in [7, 11) is 0. The molecule has 0 aromatic heterocycles. The minimum absolute atomic E-state index is 0.0647. The molecule has 0 aliphatic heterocycles. The van der Waals surface area contributed by atoms with Crippen molar-refractivity contribution in [2.75, 3.05) is 11.9 Å². The number of hydrogen-bond donors (Lipinski definition) is 3. The minimum atomic E-state index is -0.634. The zero-order chi connectivity index (χ0) is 13.9. The lowest BCUT2D eigenvalue weighted by atomic mass is 9.92. The first kappa shape index (κ1) is 13.4. The number of para-hydroxylation sites is 1. The van der Waals surface area contributed by atoms with Crippen LogP contribution >= 0.6 is 0 Å². The Bertz CT molecular complexity index is 568. The van der Waals surface area contributed by atoms with Crippen molar-refractivity contribution in [2.24, 2.45) is 0 Å². The van der Waals surface area contributed by atoms with Crippen LogP contribution in [0.2, 0.25) is 0 Å². The van der Waals surface area contributed by atoms with Gasteiger partial charge in [0.1, 0.15) is 5.75 Å². The van der Waals surface area contributed by atoms with Gasteiger partial charge in [-0.1, -0.05) is 30.3 Å². The van der Waals surface area contributed by atoms with Crippen molar-refractivity contribution in [3.05, 3.63) is 59.7 Å². The van der Waals surface area contributed by atoms with Gasteiger partial charge in [0, 0.05) is 5.69 Å². The standard InChI is InChI=1S/C16H19NO2/c1-12-6-3-4-9-15(12)17-16(2,11-18)13-7-5-8-14(19)10-13/h3-10,17-19H,11H2,1-2H3. The summed E-state index contributed by atoms with van der Waals surface area (Å²) in [5.41, 5.74) is 2.30. The monoisotopic (exact) mass is 257 g/mol. The summed E-state index contributed by atoms with van der Waals surface area (Å²) in [4.78, 5) is 0. The second-order valence-electron chi connectivity index (χ2n) is 4.98. The van der Waals surface area contributed by atoms with Gasteiger partial charge in [0.05, 0.1) is 12.1 Å². The normalized spacial score (nSPS) is 13.8. The number of phenols is 1. The Labute approximate surface area is 113 Å². The zero-order valence-electron chi connectivity index (χ0n) is 11.2. The molecule has 0 radical (unpaired) electrons. The van der Waals surface area contributed by atoms with E-state index in [9.17, 15) is 10.2 Å². The van der Waals surface area contributed by atoms with E-state index in [1.165, 1.54) is 0 Å². The van der Waals surface area contributed by atoms with Crippen LogP contribution in [-0.4, -0.2) is 16.8 Å². The van der Waals surface area contributed by atoms with Gasteiger partial charge in [-0.3, -0.25) is 0 Å². The van der Waals surface area contributed by atoms with Crippen LogP contribution in [0, 0.1) is 6.92 Å². The van der Waals surface area contributed by atoms with Crippen molar-refractivity contribution in [3.63, 3.8) is 0 Å². The number of rotatable bonds is 4. The molecule has 0 aliphatic rings. The minimum Gasteiger partial charge on any atom is -0.508 e. The number of anilines is 1. The summed E-state index contributed by atoms with van der Waals surface area (Å²) >= 11 is 0. The van der Waals surface area contributed by atoms with Gasteiger partial charge in [-0.15, -0.1) is 0 Å². The van der Waals surface area contributed by atoms with Crippen molar-refractivity contribution in [1.82, 2.24) is 0 Å². The predicted molar refractivity (Wildman–Crippen MR) is 77.3 cm³/mol. The Hall–Kier alpha value is -2.00. The highest BCUT2D eigenvalue weighted by atomic mass is 16.3. The van der Waals surface area contributed by atoms with Crippen molar-refractivity contribution in [2.45, 2.75) is 19.4 Å². The molecule has 0 amide bonds. The van der Waals surface area contributed by atoms with E-state index in [1.54, 1.807) is 18.2 Å². The number of aliphatic hydroxyl groups is 1. The lowest BCUT2D eigenvalue weighted by Gasteiger charge is -2.31. The molecule has 0 aliphatic carbocycles. The first-order valence-corrected chi connectivity index (χ1v) is 6.29. The Morgan fingerprint density at radius 1 is 1.11 bits per heavy atom. The van der Waals surface area contributed by atoms with Crippen molar-refractivity contribution in [3.8, 4) is 5.75 Å². The highest BCUT2D eigenvalue weighted by Gasteiger charge is 2.26. The highest BCUT2D eigenvalue weighted by Crippen LogP contribution is 2.29. The maximum atomic E-state index is 9.74. The number of nitrogens with one attached hydrogen (secondary N) is 1. The first-order valence-electron chi connectivity index (χ1n) is 6.29. The van der Waals surface area contributed by atoms with Crippen LogP contribution in [0.5, 0.6) is 5.75 Å². The molecule has 100 valence electrons. The number of phenolic OH excluding ortho intramolecular Hbond substituents is 1. The van der Waals surface area contributed by atoms with Gasteiger partial charge in [-0.25, -0.2) is 0 Å². The molecular formula is C16H19NO2. The number of hydrogen-bond acceptors (Lipinski definition) is 3. The van der Waals surface area contributed by atoms with Crippen LogP contribution in [-0.2, 0) is 5.54 Å². The van der Waals surface area contributed by atoms with E-state index in [1.807, 2.05) is 44.2 Å².